The van der Waals surface area contributed by atoms with Crippen LogP contribution in [0.5, 0.6) is 0 Å². The van der Waals surface area contributed by atoms with Crippen LogP contribution in [0.25, 0.3) is 0 Å². The second-order valence-corrected chi connectivity index (χ2v) is 5.19. The zero-order valence-corrected chi connectivity index (χ0v) is 12.5. The lowest BCUT2D eigenvalue weighted by Gasteiger charge is -2.12. The summed E-state index contributed by atoms with van der Waals surface area (Å²) < 4.78 is 1.37. The van der Waals surface area contributed by atoms with Crippen LogP contribution in [-0.2, 0) is 11.3 Å². The highest BCUT2D eigenvalue weighted by Gasteiger charge is 2.09. The molecule has 0 bridgehead atoms. The minimum atomic E-state index is -0.608. The maximum absolute atomic E-state index is 11.8. The Morgan fingerprint density at radius 2 is 1.95 bits per heavy atom. The Labute approximate surface area is 129 Å². The molecule has 0 fully saturated rings. The van der Waals surface area contributed by atoms with Crippen molar-refractivity contribution in [3.05, 3.63) is 70.1 Å². The van der Waals surface area contributed by atoms with E-state index in [2.05, 4.69) is 5.32 Å². The van der Waals surface area contributed by atoms with Gasteiger partial charge in [-0.3, -0.25) is 9.59 Å². The van der Waals surface area contributed by atoms with Gasteiger partial charge in [0, 0.05) is 18.3 Å². The number of benzene rings is 1. The standard InChI is InChI=1S/C17H20N2O3/c1-13-6-5-11-19(17(13)22)12-16(21)18-10-9-15(20)14-7-3-2-4-8-14/h2-8,11,15,20H,9-10,12H2,1H3,(H,18,21). The van der Waals surface area contributed by atoms with Crippen LogP contribution >= 0.6 is 0 Å². The number of amides is 1. The summed E-state index contributed by atoms with van der Waals surface area (Å²) in [5, 5.41) is 12.7. The molecule has 116 valence electrons. The van der Waals surface area contributed by atoms with Crippen molar-refractivity contribution in [2.24, 2.45) is 0 Å². The van der Waals surface area contributed by atoms with Gasteiger partial charge in [-0.1, -0.05) is 36.4 Å². The summed E-state index contributed by atoms with van der Waals surface area (Å²) in [6, 6.07) is 12.8. The van der Waals surface area contributed by atoms with Gasteiger partial charge in [-0.15, -0.1) is 0 Å². The van der Waals surface area contributed by atoms with E-state index in [1.807, 2.05) is 30.3 Å². The Morgan fingerprint density at radius 1 is 1.23 bits per heavy atom. The SMILES string of the molecule is Cc1cccn(CC(=O)NCCC(O)c2ccccc2)c1=O. The van der Waals surface area contributed by atoms with Crippen molar-refractivity contribution < 1.29 is 9.90 Å². The van der Waals surface area contributed by atoms with E-state index >= 15 is 0 Å². The molecule has 22 heavy (non-hydrogen) atoms. The molecule has 0 aliphatic heterocycles. The van der Waals surface area contributed by atoms with Crippen molar-refractivity contribution in [1.82, 2.24) is 9.88 Å². The number of carbonyl (C=O) groups is 1. The topological polar surface area (TPSA) is 71.3 Å². The predicted octanol–water partition coefficient (Wildman–Crippen LogP) is 1.40. The summed E-state index contributed by atoms with van der Waals surface area (Å²) >= 11 is 0. The Balaban J connectivity index is 1.81. The van der Waals surface area contributed by atoms with E-state index in [9.17, 15) is 14.7 Å². The first-order chi connectivity index (χ1) is 10.6. The Kier molecular flexibility index (Phi) is 5.49. The second-order valence-electron chi connectivity index (χ2n) is 5.19. The van der Waals surface area contributed by atoms with Crippen molar-refractivity contribution in [3.63, 3.8) is 0 Å². The van der Waals surface area contributed by atoms with Crippen LogP contribution in [0.1, 0.15) is 23.7 Å². The summed E-state index contributed by atoms with van der Waals surface area (Å²) in [6.45, 7) is 2.06. The molecule has 0 aliphatic carbocycles. The molecule has 0 saturated heterocycles. The zero-order chi connectivity index (χ0) is 15.9. The lowest BCUT2D eigenvalue weighted by atomic mass is 10.1. The molecular weight excluding hydrogens is 280 g/mol. The predicted molar refractivity (Wildman–Crippen MR) is 84.5 cm³/mol. The van der Waals surface area contributed by atoms with E-state index in [-0.39, 0.29) is 18.0 Å². The number of hydrogen-bond acceptors (Lipinski definition) is 3. The van der Waals surface area contributed by atoms with Crippen molar-refractivity contribution in [2.45, 2.75) is 26.0 Å². The molecule has 1 unspecified atom stereocenters. The summed E-state index contributed by atoms with van der Waals surface area (Å²) in [5.74, 6) is -0.243. The summed E-state index contributed by atoms with van der Waals surface area (Å²) in [5.41, 5.74) is 1.27. The molecule has 5 nitrogen and oxygen atoms in total. The fourth-order valence-corrected chi connectivity index (χ4v) is 2.18. The summed E-state index contributed by atoms with van der Waals surface area (Å²) in [6.07, 6.45) is 1.41. The number of aliphatic hydroxyl groups excluding tert-OH is 1. The molecule has 1 amide bonds. The van der Waals surface area contributed by atoms with Gasteiger partial charge < -0.3 is 15.0 Å². The van der Waals surface area contributed by atoms with Gasteiger partial charge >= 0.3 is 0 Å². The number of aryl methyl sites for hydroxylation is 1. The van der Waals surface area contributed by atoms with Crippen molar-refractivity contribution in [1.29, 1.82) is 0 Å². The van der Waals surface area contributed by atoms with Gasteiger partial charge in [0.1, 0.15) is 6.54 Å². The average Bonchev–Trinajstić information content (AvgIpc) is 2.52. The van der Waals surface area contributed by atoms with Crippen LogP contribution in [0.15, 0.2) is 53.5 Å². The third-order valence-electron chi connectivity index (χ3n) is 3.45. The number of aromatic nitrogens is 1. The Morgan fingerprint density at radius 3 is 2.68 bits per heavy atom. The first-order valence-electron chi connectivity index (χ1n) is 7.23. The Bertz CT molecular complexity index is 680. The molecule has 0 radical (unpaired) electrons. The highest BCUT2D eigenvalue weighted by atomic mass is 16.3. The van der Waals surface area contributed by atoms with Gasteiger partial charge in [0.25, 0.3) is 5.56 Å². The first-order valence-corrected chi connectivity index (χ1v) is 7.23. The maximum atomic E-state index is 11.8. The zero-order valence-electron chi connectivity index (χ0n) is 12.5. The van der Waals surface area contributed by atoms with Gasteiger partial charge in [-0.05, 0) is 25.0 Å². The summed E-state index contributed by atoms with van der Waals surface area (Å²) in [4.78, 5) is 23.7. The molecule has 5 heteroatoms. The fourth-order valence-electron chi connectivity index (χ4n) is 2.18. The van der Waals surface area contributed by atoms with Crippen LogP contribution in [0.4, 0.5) is 0 Å². The monoisotopic (exact) mass is 300 g/mol. The second kappa shape index (κ2) is 7.56. The normalized spacial score (nSPS) is 11.9. The van der Waals surface area contributed by atoms with Gasteiger partial charge in [-0.25, -0.2) is 0 Å². The van der Waals surface area contributed by atoms with Crippen LogP contribution in [-0.4, -0.2) is 22.1 Å². The minimum absolute atomic E-state index is 0.0120. The number of carbonyl (C=O) groups excluding carboxylic acids is 1. The molecule has 0 aliphatic rings. The number of nitrogens with zero attached hydrogens (tertiary/aromatic N) is 1. The highest BCUT2D eigenvalue weighted by Crippen LogP contribution is 2.14. The smallest absolute Gasteiger partial charge is 0.253 e. The number of hydrogen-bond donors (Lipinski definition) is 2. The van der Waals surface area contributed by atoms with E-state index in [0.717, 1.165) is 5.56 Å². The molecule has 0 spiro atoms. The summed E-state index contributed by atoms with van der Waals surface area (Å²) in [7, 11) is 0. The maximum Gasteiger partial charge on any atom is 0.253 e. The van der Waals surface area contributed by atoms with Gasteiger partial charge in [0.2, 0.25) is 5.91 Å². The van der Waals surface area contributed by atoms with Crippen LogP contribution < -0.4 is 10.9 Å². The fraction of sp³-hybridized carbons (Fsp3) is 0.294. The van der Waals surface area contributed by atoms with Crippen molar-refractivity contribution in [3.8, 4) is 0 Å². The largest absolute Gasteiger partial charge is 0.388 e. The van der Waals surface area contributed by atoms with E-state index in [1.54, 1.807) is 25.3 Å². The number of rotatable bonds is 6. The first kappa shape index (κ1) is 16.0. The van der Waals surface area contributed by atoms with Gasteiger partial charge in [0.05, 0.1) is 6.10 Å². The van der Waals surface area contributed by atoms with E-state index in [0.29, 0.717) is 18.5 Å². The third-order valence-corrected chi connectivity index (χ3v) is 3.45. The van der Waals surface area contributed by atoms with Crippen LogP contribution in [0.2, 0.25) is 0 Å². The average molecular weight is 300 g/mol. The molecule has 0 saturated carbocycles. The third kappa shape index (κ3) is 4.30. The molecule has 2 aromatic rings. The van der Waals surface area contributed by atoms with Crippen LogP contribution in [0, 0.1) is 6.92 Å². The van der Waals surface area contributed by atoms with E-state index in [4.69, 9.17) is 0 Å². The quantitative estimate of drug-likeness (QED) is 0.847. The van der Waals surface area contributed by atoms with Crippen LogP contribution in [0.3, 0.4) is 0 Å². The molecule has 2 rings (SSSR count). The van der Waals surface area contributed by atoms with E-state index in [1.165, 1.54) is 4.57 Å². The number of pyridine rings is 1. The lowest BCUT2D eigenvalue weighted by molar-refractivity contribution is -0.121. The van der Waals surface area contributed by atoms with Gasteiger partial charge in [0.15, 0.2) is 0 Å². The molecular formula is C17H20N2O3. The Hall–Kier alpha value is -2.40. The minimum Gasteiger partial charge on any atom is -0.388 e. The van der Waals surface area contributed by atoms with Crippen molar-refractivity contribution >= 4 is 5.91 Å². The lowest BCUT2D eigenvalue weighted by Crippen LogP contribution is -2.33. The molecule has 1 aromatic carbocycles. The van der Waals surface area contributed by atoms with Crippen molar-refractivity contribution in [2.75, 3.05) is 6.54 Å². The number of aliphatic hydroxyl groups is 1. The molecule has 1 aromatic heterocycles. The molecule has 1 heterocycles. The van der Waals surface area contributed by atoms with E-state index < -0.39 is 6.10 Å². The van der Waals surface area contributed by atoms with Gasteiger partial charge in [-0.2, -0.15) is 0 Å². The number of nitrogens with one attached hydrogen (secondary N) is 1. The molecule has 1 atom stereocenters. The molecule has 2 N–H and O–H groups in total. The highest BCUT2D eigenvalue weighted by molar-refractivity contribution is 5.75.